The quantitative estimate of drug-likeness (QED) is 0.864. The number of nitrogens with one attached hydrogen (secondary N) is 1. The minimum Gasteiger partial charge on any atom is -0.457 e. The molecule has 2 aromatic rings. The van der Waals surface area contributed by atoms with Crippen LogP contribution in [0.5, 0.6) is 11.5 Å². The molecular weight excluding hydrogens is 326 g/mol. The van der Waals surface area contributed by atoms with E-state index in [0.717, 1.165) is 49.9 Å². The van der Waals surface area contributed by atoms with E-state index >= 15 is 0 Å². The number of piperazine rings is 1. The molecule has 1 aliphatic rings. The van der Waals surface area contributed by atoms with Gasteiger partial charge in [0.05, 0.1) is 6.04 Å². The Hall–Kier alpha value is -2.37. The Morgan fingerprint density at radius 1 is 1.00 bits per heavy atom. The van der Waals surface area contributed by atoms with Crippen molar-refractivity contribution in [3.63, 3.8) is 0 Å². The van der Waals surface area contributed by atoms with Crippen LogP contribution in [0.25, 0.3) is 0 Å². The maximum absolute atomic E-state index is 12.5. The Balaban J connectivity index is 1.52. The number of carbonyl (C=O) groups is 1. The maximum Gasteiger partial charge on any atom is 0.241 e. The molecule has 0 aromatic heterocycles. The van der Waals surface area contributed by atoms with Crippen LogP contribution in [0, 0.1) is 0 Å². The van der Waals surface area contributed by atoms with Crippen molar-refractivity contribution in [2.24, 2.45) is 0 Å². The number of nitrogens with zero attached hydrogens (tertiary/aromatic N) is 2. The average Bonchev–Trinajstić information content (AvgIpc) is 2.70. The molecule has 1 aliphatic heterocycles. The lowest BCUT2D eigenvalue weighted by Gasteiger charge is -2.36. The van der Waals surface area contributed by atoms with E-state index < -0.39 is 0 Å². The van der Waals surface area contributed by atoms with Gasteiger partial charge in [-0.15, -0.1) is 0 Å². The van der Waals surface area contributed by atoms with Gasteiger partial charge in [-0.05, 0) is 49.9 Å². The molecule has 138 valence electrons. The lowest BCUT2D eigenvalue weighted by Crippen LogP contribution is -2.52. The number of anilines is 1. The molecule has 3 rings (SSSR count). The third-order valence-corrected chi connectivity index (χ3v) is 4.88. The van der Waals surface area contributed by atoms with Crippen LogP contribution in [0.3, 0.4) is 0 Å². The molecule has 5 heteroatoms. The first-order valence-corrected chi connectivity index (χ1v) is 9.26. The SMILES string of the molecule is CCN1CCN([C@@H](C)C(=O)Nc2ccc(Oc3ccccc3)cc2)CC1. The number of benzene rings is 2. The van der Waals surface area contributed by atoms with Gasteiger partial charge in [-0.1, -0.05) is 25.1 Å². The zero-order chi connectivity index (χ0) is 18.4. The number of carbonyl (C=O) groups excluding carboxylic acids is 1. The van der Waals surface area contributed by atoms with E-state index in [9.17, 15) is 4.79 Å². The second-order valence-corrected chi connectivity index (χ2v) is 6.57. The third-order valence-electron chi connectivity index (χ3n) is 4.88. The Morgan fingerprint density at radius 3 is 2.23 bits per heavy atom. The van der Waals surface area contributed by atoms with E-state index in [1.807, 2.05) is 61.5 Å². The van der Waals surface area contributed by atoms with E-state index in [1.165, 1.54) is 0 Å². The number of amides is 1. The summed E-state index contributed by atoms with van der Waals surface area (Å²) in [5.41, 5.74) is 0.787. The van der Waals surface area contributed by atoms with Crippen molar-refractivity contribution < 1.29 is 9.53 Å². The molecule has 1 amide bonds. The van der Waals surface area contributed by atoms with Crippen molar-refractivity contribution in [2.45, 2.75) is 19.9 Å². The Kier molecular flexibility index (Phi) is 6.26. The largest absolute Gasteiger partial charge is 0.457 e. The molecular formula is C21H27N3O2. The van der Waals surface area contributed by atoms with Crippen LogP contribution < -0.4 is 10.1 Å². The highest BCUT2D eigenvalue weighted by Gasteiger charge is 2.24. The van der Waals surface area contributed by atoms with Crippen LogP contribution >= 0.6 is 0 Å². The van der Waals surface area contributed by atoms with E-state index in [1.54, 1.807) is 0 Å². The summed E-state index contributed by atoms with van der Waals surface area (Å²) in [6, 6.07) is 17.0. The maximum atomic E-state index is 12.5. The first kappa shape index (κ1) is 18.4. The van der Waals surface area contributed by atoms with Crippen LogP contribution in [0.15, 0.2) is 54.6 Å². The van der Waals surface area contributed by atoms with Crippen molar-refractivity contribution >= 4 is 11.6 Å². The smallest absolute Gasteiger partial charge is 0.241 e. The molecule has 26 heavy (non-hydrogen) atoms. The highest BCUT2D eigenvalue weighted by molar-refractivity contribution is 5.94. The summed E-state index contributed by atoms with van der Waals surface area (Å²) in [4.78, 5) is 17.2. The number of likely N-dealkylation sites (N-methyl/N-ethyl adjacent to an activating group) is 1. The zero-order valence-corrected chi connectivity index (χ0v) is 15.5. The summed E-state index contributed by atoms with van der Waals surface area (Å²) in [5, 5.41) is 3.01. The van der Waals surface area contributed by atoms with Gasteiger partial charge in [0.25, 0.3) is 0 Å². The predicted molar refractivity (Wildman–Crippen MR) is 105 cm³/mol. The van der Waals surface area contributed by atoms with Crippen molar-refractivity contribution in [2.75, 3.05) is 38.0 Å². The van der Waals surface area contributed by atoms with Crippen molar-refractivity contribution in [1.29, 1.82) is 0 Å². The fourth-order valence-corrected chi connectivity index (χ4v) is 3.11. The van der Waals surface area contributed by atoms with E-state index in [0.29, 0.717) is 0 Å². The normalized spacial score (nSPS) is 16.8. The molecule has 0 saturated carbocycles. The summed E-state index contributed by atoms with van der Waals surface area (Å²) in [6.07, 6.45) is 0. The van der Waals surface area contributed by atoms with Crippen LogP contribution in [-0.4, -0.2) is 54.5 Å². The molecule has 0 aliphatic carbocycles. The molecule has 0 unspecified atom stereocenters. The molecule has 0 bridgehead atoms. The topological polar surface area (TPSA) is 44.8 Å². The van der Waals surface area contributed by atoms with Crippen LogP contribution in [0.1, 0.15) is 13.8 Å². The summed E-state index contributed by atoms with van der Waals surface area (Å²) in [7, 11) is 0. The van der Waals surface area contributed by atoms with Crippen LogP contribution in [-0.2, 0) is 4.79 Å². The Labute approximate surface area is 155 Å². The van der Waals surface area contributed by atoms with Crippen LogP contribution in [0.2, 0.25) is 0 Å². The van der Waals surface area contributed by atoms with Gasteiger partial charge in [0.1, 0.15) is 11.5 Å². The van der Waals surface area contributed by atoms with Crippen molar-refractivity contribution in [1.82, 2.24) is 9.80 Å². The first-order valence-electron chi connectivity index (χ1n) is 9.26. The summed E-state index contributed by atoms with van der Waals surface area (Å²) in [6.45, 7) is 9.16. The van der Waals surface area contributed by atoms with Gasteiger partial charge < -0.3 is 15.0 Å². The van der Waals surface area contributed by atoms with E-state index in [2.05, 4.69) is 22.0 Å². The highest BCUT2D eigenvalue weighted by Crippen LogP contribution is 2.22. The number of hydrogen-bond donors (Lipinski definition) is 1. The van der Waals surface area contributed by atoms with Gasteiger partial charge in [0.15, 0.2) is 0 Å². The molecule has 5 nitrogen and oxygen atoms in total. The number of para-hydroxylation sites is 1. The van der Waals surface area contributed by atoms with Crippen molar-refractivity contribution in [3.8, 4) is 11.5 Å². The molecule has 1 N–H and O–H groups in total. The number of rotatable bonds is 6. The van der Waals surface area contributed by atoms with Gasteiger partial charge in [0.2, 0.25) is 5.91 Å². The summed E-state index contributed by atoms with van der Waals surface area (Å²) >= 11 is 0. The minimum atomic E-state index is -0.130. The van der Waals surface area contributed by atoms with Gasteiger partial charge in [0, 0.05) is 31.9 Å². The third kappa shape index (κ3) is 4.84. The molecule has 1 atom stereocenters. The fourth-order valence-electron chi connectivity index (χ4n) is 3.11. The molecule has 1 saturated heterocycles. The lowest BCUT2D eigenvalue weighted by molar-refractivity contribution is -0.121. The molecule has 1 heterocycles. The number of hydrogen-bond acceptors (Lipinski definition) is 4. The first-order chi connectivity index (χ1) is 12.7. The zero-order valence-electron chi connectivity index (χ0n) is 15.5. The van der Waals surface area contributed by atoms with Gasteiger partial charge in [-0.25, -0.2) is 0 Å². The van der Waals surface area contributed by atoms with E-state index in [-0.39, 0.29) is 11.9 Å². The average molecular weight is 353 g/mol. The molecule has 2 aromatic carbocycles. The monoisotopic (exact) mass is 353 g/mol. The van der Waals surface area contributed by atoms with Gasteiger partial charge in [-0.2, -0.15) is 0 Å². The Morgan fingerprint density at radius 2 is 1.62 bits per heavy atom. The molecule has 1 fully saturated rings. The summed E-state index contributed by atoms with van der Waals surface area (Å²) < 4.78 is 5.78. The van der Waals surface area contributed by atoms with Crippen LogP contribution in [0.4, 0.5) is 5.69 Å². The van der Waals surface area contributed by atoms with Gasteiger partial charge >= 0.3 is 0 Å². The Bertz CT molecular complexity index is 695. The number of ether oxygens (including phenoxy) is 1. The standard InChI is InChI=1S/C21H27N3O2/c1-3-23-13-15-24(16-14-23)17(2)21(25)22-18-9-11-20(12-10-18)26-19-7-5-4-6-8-19/h4-12,17H,3,13-16H2,1-2H3,(H,22,25)/t17-/m0/s1. The fraction of sp³-hybridized carbons (Fsp3) is 0.381. The predicted octanol–water partition coefficient (Wildman–Crippen LogP) is 3.44. The van der Waals surface area contributed by atoms with Crippen molar-refractivity contribution in [3.05, 3.63) is 54.6 Å². The van der Waals surface area contributed by atoms with Gasteiger partial charge in [-0.3, -0.25) is 9.69 Å². The molecule has 0 spiro atoms. The van der Waals surface area contributed by atoms with E-state index in [4.69, 9.17) is 4.74 Å². The minimum absolute atomic E-state index is 0.0340. The second-order valence-electron chi connectivity index (χ2n) is 6.57. The lowest BCUT2D eigenvalue weighted by atomic mass is 10.2. The second kappa shape index (κ2) is 8.83. The highest BCUT2D eigenvalue weighted by atomic mass is 16.5. The summed E-state index contributed by atoms with van der Waals surface area (Å²) in [5.74, 6) is 1.58. The molecule has 0 radical (unpaired) electrons.